The molecule has 0 aliphatic rings. The number of nitrogens with zero attached hydrogens (tertiary/aromatic N) is 2. The highest BCUT2D eigenvalue weighted by Gasteiger charge is 2.19. The van der Waals surface area contributed by atoms with Crippen molar-refractivity contribution in [2.45, 2.75) is 0 Å². The smallest absolute Gasteiger partial charge is 0.0561 e. The Labute approximate surface area is 298 Å². The van der Waals surface area contributed by atoms with Gasteiger partial charge in [-0.3, -0.25) is 0 Å². The van der Waals surface area contributed by atoms with Crippen LogP contribution in [0.5, 0.6) is 0 Å². The molecule has 2 aromatic heterocycles. The number of thiophene rings is 1. The van der Waals surface area contributed by atoms with Gasteiger partial charge in [0.15, 0.2) is 0 Å². The van der Waals surface area contributed by atoms with Crippen molar-refractivity contribution >= 4 is 103 Å². The summed E-state index contributed by atoms with van der Waals surface area (Å²) in [5.41, 5.74) is 6.94. The van der Waals surface area contributed by atoms with Crippen LogP contribution in [0.1, 0.15) is 0 Å². The van der Waals surface area contributed by atoms with E-state index in [0.717, 1.165) is 22.7 Å². The average molecular weight is 667 g/mol. The SMILES string of the molecule is c1ccc(-n2c3ccccc3c3ccc(N(c4ccc5c(ccc6ccc7ccccc7c65)c4)c4ccc5c(c4)sc4ccccc45)cc32)cc1. The third-order valence-corrected chi connectivity index (χ3v) is 11.7. The molecule has 11 rings (SSSR count). The zero-order chi connectivity index (χ0) is 33.5. The summed E-state index contributed by atoms with van der Waals surface area (Å²) in [4.78, 5) is 2.43. The maximum Gasteiger partial charge on any atom is 0.0561 e. The Bertz CT molecular complexity index is 3150. The van der Waals surface area contributed by atoms with Gasteiger partial charge in [0.1, 0.15) is 0 Å². The predicted octanol–water partition coefficient (Wildman–Crippen LogP) is 14.1. The standard InChI is InChI=1S/C48H30N2S/c1-2-11-34(12-3-1)50-44-16-8-6-14-40(44)41-26-23-36(29-45(41)50)49(37-24-27-43-42-15-7-9-17-46(42)51-47(43)30-37)35-22-25-39-33(28-35)21-20-32-19-18-31-10-4-5-13-38(31)48(32)39/h1-30H. The van der Waals surface area contributed by atoms with Gasteiger partial charge in [-0.2, -0.15) is 0 Å². The van der Waals surface area contributed by atoms with Gasteiger partial charge in [-0.05, 0) is 93.0 Å². The van der Waals surface area contributed by atoms with Crippen molar-refractivity contribution in [2.24, 2.45) is 0 Å². The molecule has 0 aliphatic carbocycles. The van der Waals surface area contributed by atoms with E-state index in [4.69, 9.17) is 0 Å². The number of hydrogen-bond donors (Lipinski definition) is 0. The second-order valence-corrected chi connectivity index (χ2v) is 14.4. The molecule has 0 unspecified atom stereocenters. The van der Waals surface area contributed by atoms with Crippen LogP contribution in [-0.2, 0) is 0 Å². The average Bonchev–Trinajstić information content (AvgIpc) is 3.73. The summed E-state index contributed by atoms with van der Waals surface area (Å²) >= 11 is 1.86. The topological polar surface area (TPSA) is 8.17 Å². The van der Waals surface area contributed by atoms with Crippen molar-refractivity contribution < 1.29 is 0 Å². The minimum absolute atomic E-state index is 1.12. The molecule has 11 aromatic rings. The number of hydrogen-bond acceptors (Lipinski definition) is 2. The lowest BCUT2D eigenvalue weighted by atomic mass is 9.96. The highest BCUT2D eigenvalue weighted by atomic mass is 32.1. The number of benzene rings is 9. The summed E-state index contributed by atoms with van der Waals surface area (Å²) in [6, 6.07) is 66.8. The quantitative estimate of drug-likeness (QED) is 0.170. The first-order valence-electron chi connectivity index (χ1n) is 17.4. The van der Waals surface area contributed by atoms with Crippen molar-refractivity contribution in [1.82, 2.24) is 4.57 Å². The van der Waals surface area contributed by atoms with Crippen LogP contribution in [0, 0.1) is 0 Å². The van der Waals surface area contributed by atoms with E-state index in [0.29, 0.717) is 0 Å². The maximum atomic E-state index is 2.43. The molecule has 0 N–H and O–H groups in total. The molecule has 0 atom stereocenters. The summed E-state index contributed by atoms with van der Waals surface area (Å²) in [6.45, 7) is 0. The van der Waals surface area contributed by atoms with Crippen LogP contribution in [0.25, 0.3) is 80.0 Å². The summed E-state index contributed by atoms with van der Waals surface area (Å²) < 4.78 is 5.00. The van der Waals surface area contributed by atoms with Gasteiger partial charge in [-0.15, -0.1) is 11.3 Å². The van der Waals surface area contributed by atoms with Crippen molar-refractivity contribution in [3.05, 3.63) is 182 Å². The van der Waals surface area contributed by atoms with Gasteiger partial charge in [-0.1, -0.05) is 121 Å². The highest BCUT2D eigenvalue weighted by molar-refractivity contribution is 7.25. The van der Waals surface area contributed by atoms with Crippen LogP contribution in [0.15, 0.2) is 182 Å². The predicted molar refractivity (Wildman–Crippen MR) is 221 cm³/mol. The van der Waals surface area contributed by atoms with Gasteiger partial charge in [0, 0.05) is 53.7 Å². The minimum Gasteiger partial charge on any atom is -0.310 e. The molecule has 2 nitrogen and oxygen atoms in total. The fourth-order valence-electron chi connectivity index (χ4n) is 8.22. The van der Waals surface area contributed by atoms with Gasteiger partial charge >= 0.3 is 0 Å². The summed E-state index contributed by atoms with van der Waals surface area (Å²) in [7, 11) is 0. The van der Waals surface area contributed by atoms with Crippen LogP contribution < -0.4 is 4.90 Å². The normalized spacial score (nSPS) is 11.9. The molecule has 3 heteroatoms. The molecule has 0 spiro atoms. The lowest BCUT2D eigenvalue weighted by molar-refractivity contribution is 1.18. The van der Waals surface area contributed by atoms with E-state index in [2.05, 4.69) is 191 Å². The van der Waals surface area contributed by atoms with Crippen LogP contribution in [0.2, 0.25) is 0 Å². The van der Waals surface area contributed by atoms with E-state index in [9.17, 15) is 0 Å². The molecule has 0 saturated heterocycles. The summed E-state index contributed by atoms with van der Waals surface area (Å²) in [5, 5.41) is 12.7. The molecule has 51 heavy (non-hydrogen) atoms. The van der Waals surface area contributed by atoms with Crippen LogP contribution in [0.4, 0.5) is 17.1 Å². The largest absolute Gasteiger partial charge is 0.310 e. The molecule has 0 aliphatic heterocycles. The van der Waals surface area contributed by atoms with E-state index >= 15 is 0 Å². The van der Waals surface area contributed by atoms with Crippen molar-refractivity contribution in [1.29, 1.82) is 0 Å². The number of fused-ring (bicyclic) bond motifs is 11. The van der Waals surface area contributed by atoms with Crippen LogP contribution >= 0.6 is 11.3 Å². The first kappa shape index (κ1) is 28.4. The van der Waals surface area contributed by atoms with Crippen molar-refractivity contribution in [3.63, 3.8) is 0 Å². The molecule has 0 saturated carbocycles. The zero-order valence-electron chi connectivity index (χ0n) is 27.6. The molecule has 238 valence electrons. The monoisotopic (exact) mass is 666 g/mol. The molecule has 2 heterocycles. The Morgan fingerprint density at radius 3 is 1.78 bits per heavy atom. The van der Waals surface area contributed by atoms with E-state index < -0.39 is 0 Å². The first-order valence-corrected chi connectivity index (χ1v) is 18.2. The number of para-hydroxylation sites is 2. The molecule has 9 aromatic carbocycles. The first-order chi connectivity index (χ1) is 25.3. The zero-order valence-corrected chi connectivity index (χ0v) is 28.4. The molecule has 0 bridgehead atoms. The summed E-state index contributed by atoms with van der Waals surface area (Å²) in [6.07, 6.45) is 0. The van der Waals surface area contributed by atoms with Gasteiger partial charge in [0.25, 0.3) is 0 Å². The fraction of sp³-hybridized carbons (Fsp3) is 0. The third-order valence-electron chi connectivity index (χ3n) is 10.5. The van der Waals surface area contributed by atoms with Crippen LogP contribution in [0.3, 0.4) is 0 Å². The number of aromatic nitrogens is 1. The lowest BCUT2D eigenvalue weighted by Gasteiger charge is -2.26. The van der Waals surface area contributed by atoms with E-state index in [-0.39, 0.29) is 0 Å². The van der Waals surface area contributed by atoms with Gasteiger partial charge in [-0.25, -0.2) is 0 Å². The Morgan fingerprint density at radius 2 is 0.922 bits per heavy atom. The fourth-order valence-corrected chi connectivity index (χ4v) is 9.36. The van der Waals surface area contributed by atoms with E-state index in [1.807, 2.05) is 11.3 Å². The van der Waals surface area contributed by atoms with Gasteiger partial charge < -0.3 is 9.47 Å². The molecule has 0 amide bonds. The number of rotatable bonds is 4. The number of anilines is 3. The van der Waals surface area contributed by atoms with E-state index in [1.165, 1.54) is 74.3 Å². The summed E-state index contributed by atoms with van der Waals surface area (Å²) in [5.74, 6) is 0. The molecule has 0 fully saturated rings. The highest BCUT2D eigenvalue weighted by Crippen LogP contribution is 2.44. The van der Waals surface area contributed by atoms with E-state index in [1.54, 1.807) is 0 Å². The van der Waals surface area contributed by atoms with Gasteiger partial charge in [0.05, 0.1) is 11.0 Å². The van der Waals surface area contributed by atoms with Crippen molar-refractivity contribution in [2.75, 3.05) is 4.90 Å². The maximum absolute atomic E-state index is 2.43. The molecule has 0 radical (unpaired) electrons. The van der Waals surface area contributed by atoms with Crippen molar-refractivity contribution in [3.8, 4) is 5.69 Å². The lowest BCUT2D eigenvalue weighted by Crippen LogP contribution is -2.10. The Balaban J connectivity index is 1.18. The van der Waals surface area contributed by atoms with Crippen LogP contribution in [-0.4, -0.2) is 4.57 Å². The Morgan fingerprint density at radius 1 is 0.353 bits per heavy atom. The second-order valence-electron chi connectivity index (χ2n) is 13.4. The third kappa shape index (κ3) is 4.35. The Hall–Kier alpha value is -6.42. The molecular formula is C48H30N2S. The second kappa shape index (κ2) is 11.0. The minimum atomic E-state index is 1.12. The van der Waals surface area contributed by atoms with Gasteiger partial charge in [0.2, 0.25) is 0 Å². The molecular weight excluding hydrogens is 637 g/mol. The Kier molecular flexibility index (Phi) is 6.16.